The van der Waals surface area contributed by atoms with Gasteiger partial charge in [-0.2, -0.15) is 5.10 Å². The maximum atomic E-state index is 11.1. The van der Waals surface area contributed by atoms with Gasteiger partial charge in [0.25, 0.3) is 0 Å². The Kier molecular flexibility index (Phi) is 4.23. The number of aromatic nitrogens is 2. The van der Waals surface area contributed by atoms with Crippen molar-refractivity contribution in [2.24, 2.45) is 0 Å². The van der Waals surface area contributed by atoms with Gasteiger partial charge in [-0.05, 0) is 19.3 Å². The van der Waals surface area contributed by atoms with Gasteiger partial charge in [0.05, 0.1) is 5.56 Å². The van der Waals surface area contributed by atoms with Crippen molar-refractivity contribution in [3.8, 4) is 11.5 Å². The molecule has 0 bridgehead atoms. The molecule has 1 unspecified atom stereocenters. The lowest BCUT2D eigenvalue weighted by molar-refractivity contribution is -0.0395. The quantitative estimate of drug-likeness (QED) is 0.474. The summed E-state index contributed by atoms with van der Waals surface area (Å²) in [6.45, 7) is 7.29. The van der Waals surface area contributed by atoms with E-state index in [9.17, 15) is 4.79 Å². The number of carbonyl (C=O) groups excluding carboxylic acids is 1. The zero-order valence-electron chi connectivity index (χ0n) is 11.8. The summed E-state index contributed by atoms with van der Waals surface area (Å²) in [5, 5.41) is 4.29. The van der Waals surface area contributed by atoms with Crippen molar-refractivity contribution in [2.45, 2.75) is 45.1 Å². The molecule has 1 aliphatic rings. The average molecular weight is 276 g/mol. The van der Waals surface area contributed by atoms with Crippen LogP contribution in [-0.2, 0) is 4.74 Å². The molecule has 1 aliphatic heterocycles. The predicted octanol–water partition coefficient (Wildman–Crippen LogP) is 2.62. The number of hydrogen-bond donors (Lipinski definition) is 0. The number of hydrogen-bond acceptors (Lipinski definition) is 3. The molecule has 1 saturated heterocycles. The molecule has 0 amide bonds. The Morgan fingerprint density at radius 3 is 2.84 bits per heavy atom. The molecule has 102 valence electrons. The van der Waals surface area contributed by atoms with Crippen LogP contribution in [0.2, 0.25) is 19.6 Å². The van der Waals surface area contributed by atoms with Gasteiger partial charge in [0, 0.05) is 12.8 Å². The molecule has 1 fully saturated rings. The van der Waals surface area contributed by atoms with Crippen LogP contribution in [0.3, 0.4) is 0 Å². The largest absolute Gasteiger partial charge is 0.357 e. The van der Waals surface area contributed by atoms with Crippen molar-refractivity contribution in [2.75, 3.05) is 6.61 Å². The summed E-state index contributed by atoms with van der Waals surface area (Å²) in [5.41, 5.74) is 4.40. The molecule has 2 rings (SSSR count). The van der Waals surface area contributed by atoms with Crippen LogP contribution in [0.5, 0.6) is 0 Å². The lowest BCUT2D eigenvalue weighted by Crippen LogP contribution is -2.18. The molecule has 0 aliphatic carbocycles. The van der Waals surface area contributed by atoms with Crippen LogP contribution >= 0.6 is 0 Å². The Labute approximate surface area is 115 Å². The number of ether oxygens (including phenoxy) is 1. The highest BCUT2D eigenvalue weighted by atomic mass is 28.3. The number of rotatable bonds is 2. The van der Waals surface area contributed by atoms with E-state index in [1.807, 2.05) is 6.20 Å². The third kappa shape index (κ3) is 3.79. The normalized spacial score (nSPS) is 19.6. The van der Waals surface area contributed by atoms with Crippen molar-refractivity contribution < 1.29 is 9.53 Å². The van der Waals surface area contributed by atoms with Gasteiger partial charge in [-0.15, -0.1) is 5.54 Å². The fourth-order valence-corrected chi connectivity index (χ4v) is 2.43. The second-order valence-corrected chi connectivity index (χ2v) is 10.6. The lowest BCUT2D eigenvalue weighted by atomic mass is 10.2. The standard InChI is InChI=1S/C14H20N2O2Si/c1-19(2,3)9-7-12-10-16(15-13(12)11-17)14-6-4-5-8-18-14/h10-11,14H,4-6,8H2,1-3H3. The van der Waals surface area contributed by atoms with E-state index in [1.165, 1.54) is 0 Å². The van der Waals surface area contributed by atoms with Crippen LogP contribution in [0.15, 0.2) is 6.20 Å². The molecule has 0 aromatic carbocycles. The van der Waals surface area contributed by atoms with Crippen molar-refractivity contribution in [3.63, 3.8) is 0 Å². The van der Waals surface area contributed by atoms with Crippen LogP contribution in [0.4, 0.5) is 0 Å². The second-order valence-electron chi connectivity index (χ2n) is 5.85. The minimum absolute atomic E-state index is 0.0464. The summed E-state index contributed by atoms with van der Waals surface area (Å²) in [6.07, 6.45) is 5.74. The molecule has 4 nitrogen and oxygen atoms in total. The van der Waals surface area contributed by atoms with Gasteiger partial charge in [0.1, 0.15) is 20.0 Å². The lowest BCUT2D eigenvalue weighted by Gasteiger charge is -2.22. The van der Waals surface area contributed by atoms with E-state index in [0.717, 1.165) is 32.2 Å². The Hall–Kier alpha value is -1.38. The molecule has 0 N–H and O–H groups in total. The molecular weight excluding hydrogens is 256 g/mol. The van der Waals surface area contributed by atoms with Crippen molar-refractivity contribution in [1.29, 1.82) is 0 Å². The van der Waals surface area contributed by atoms with Gasteiger partial charge in [0.2, 0.25) is 0 Å². The van der Waals surface area contributed by atoms with Crippen molar-refractivity contribution in [1.82, 2.24) is 9.78 Å². The fraction of sp³-hybridized carbons (Fsp3) is 0.571. The van der Waals surface area contributed by atoms with Gasteiger partial charge in [0.15, 0.2) is 6.29 Å². The highest BCUT2D eigenvalue weighted by Crippen LogP contribution is 2.22. The average Bonchev–Trinajstić information content (AvgIpc) is 2.80. The number of aldehydes is 1. The first-order valence-electron chi connectivity index (χ1n) is 6.69. The zero-order chi connectivity index (χ0) is 13.9. The Morgan fingerprint density at radius 2 is 2.26 bits per heavy atom. The summed E-state index contributed by atoms with van der Waals surface area (Å²) in [4.78, 5) is 11.1. The van der Waals surface area contributed by atoms with Crippen molar-refractivity contribution >= 4 is 14.4 Å². The van der Waals surface area contributed by atoms with Gasteiger partial charge >= 0.3 is 0 Å². The van der Waals surface area contributed by atoms with Gasteiger partial charge in [-0.1, -0.05) is 25.6 Å². The Balaban J connectivity index is 2.25. The van der Waals surface area contributed by atoms with Crippen LogP contribution in [0, 0.1) is 11.5 Å². The molecule has 1 aromatic heterocycles. The van der Waals surface area contributed by atoms with E-state index in [4.69, 9.17) is 4.74 Å². The third-order valence-electron chi connectivity index (χ3n) is 2.90. The van der Waals surface area contributed by atoms with Crippen LogP contribution < -0.4 is 0 Å². The molecule has 0 radical (unpaired) electrons. The van der Waals surface area contributed by atoms with E-state index in [0.29, 0.717) is 11.3 Å². The Bertz CT molecular complexity index is 514. The maximum Gasteiger partial charge on any atom is 0.171 e. The van der Waals surface area contributed by atoms with Gasteiger partial charge in [-0.3, -0.25) is 4.79 Å². The van der Waals surface area contributed by atoms with E-state index in [1.54, 1.807) is 4.68 Å². The Morgan fingerprint density at radius 1 is 1.47 bits per heavy atom. The molecule has 0 spiro atoms. The number of carbonyl (C=O) groups is 1. The first-order chi connectivity index (χ1) is 8.99. The van der Waals surface area contributed by atoms with E-state index in [-0.39, 0.29) is 6.23 Å². The van der Waals surface area contributed by atoms with E-state index >= 15 is 0 Å². The highest BCUT2D eigenvalue weighted by Gasteiger charge is 2.18. The summed E-state index contributed by atoms with van der Waals surface area (Å²) in [6, 6.07) is 0. The molecule has 19 heavy (non-hydrogen) atoms. The SMILES string of the molecule is C[Si](C)(C)C#Cc1cn(C2CCCCO2)nc1C=O. The number of nitrogens with zero attached hydrogens (tertiary/aromatic N) is 2. The first kappa shape index (κ1) is 14.0. The molecule has 2 heterocycles. The maximum absolute atomic E-state index is 11.1. The molecular formula is C14H20N2O2Si. The predicted molar refractivity (Wildman–Crippen MR) is 76.7 cm³/mol. The van der Waals surface area contributed by atoms with Crippen LogP contribution in [-0.4, -0.2) is 30.7 Å². The summed E-state index contributed by atoms with van der Waals surface area (Å²) < 4.78 is 7.41. The highest BCUT2D eigenvalue weighted by molar-refractivity contribution is 6.83. The zero-order valence-corrected chi connectivity index (χ0v) is 12.8. The summed E-state index contributed by atoms with van der Waals surface area (Å²) in [5.74, 6) is 3.11. The van der Waals surface area contributed by atoms with Gasteiger partial charge in [-0.25, -0.2) is 4.68 Å². The van der Waals surface area contributed by atoms with Crippen LogP contribution in [0.25, 0.3) is 0 Å². The minimum Gasteiger partial charge on any atom is -0.357 e. The summed E-state index contributed by atoms with van der Waals surface area (Å²) >= 11 is 0. The molecule has 1 atom stereocenters. The van der Waals surface area contributed by atoms with E-state index in [2.05, 4.69) is 36.2 Å². The van der Waals surface area contributed by atoms with E-state index < -0.39 is 8.07 Å². The summed E-state index contributed by atoms with van der Waals surface area (Å²) in [7, 11) is -1.45. The first-order valence-corrected chi connectivity index (χ1v) is 10.2. The third-order valence-corrected chi connectivity index (χ3v) is 3.77. The fourth-order valence-electron chi connectivity index (χ4n) is 1.92. The molecule has 1 aromatic rings. The van der Waals surface area contributed by atoms with Crippen LogP contribution in [0.1, 0.15) is 41.5 Å². The second kappa shape index (κ2) is 5.72. The van der Waals surface area contributed by atoms with Gasteiger partial charge < -0.3 is 4.74 Å². The minimum atomic E-state index is -1.45. The smallest absolute Gasteiger partial charge is 0.171 e. The molecule has 5 heteroatoms. The molecule has 0 saturated carbocycles. The topological polar surface area (TPSA) is 44.1 Å². The van der Waals surface area contributed by atoms with Crippen molar-refractivity contribution in [3.05, 3.63) is 17.5 Å². The monoisotopic (exact) mass is 276 g/mol.